The van der Waals surface area contributed by atoms with Gasteiger partial charge in [-0.1, -0.05) is 45.7 Å². The third-order valence-electron chi connectivity index (χ3n) is 2.54. The summed E-state index contributed by atoms with van der Waals surface area (Å²) >= 11 is 9.11. The highest BCUT2D eigenvalue weighted by molar-refractivity contribution is 9.10. The van der Waals surface area contributed by atoms with E-state index in [4.69, 9.17) is 17.3 Å². The van der Waals surface area contributed by atoms with Crippen LogP contribution in [0.25, 0.3) is 0 Å². The third-order valence-corrected chi connectivity index (χ3v) is 3.48. The Morgan fingerprint density at radius 3 is 2.35 bits per heavy atom. The maximum Gasteiger partial charge on any atom is 0.129 e. The fourth-order valence-corrected chi connectivity index (χ4v) is 2.36. The Hall–Kier alpha value is -0.900. The Balaban J connectivity index is 2.43. The van der Waals surface area contributed by atoms with E-state index in [9.17, 15) is 4.39 Å². The second-order valence-electron chi connectivity index (χ2n) is 3.66. The average molecular weight is 315 g/mol. The Morgan fingerprint density at radius 1 is 1.12 bits per heavy atom. The van der Waals surface area contributed by atoms with Crippen LogP contribution in [0.2, 0.25) is 5.02 Å². The van der Waals surface area contributed by atoms with Crippen LogP contribution >= 0.6 is 27.5 Å². The van der Waals surface area contributed by atoms with Gasteiger partial charge in [0.25, 0.3) is 0 Å². The van der Waals surface area contributed by atoms with Gasteiger partial charge in [-0.25, -0.2) is 4.39 Å². The van der Waals surface area contributed by atoms with Gasteiger partial charge in [-0.05, 0) is 29.8 Å². The van der Waals surface area contributed by atoms with Crippen molar-refractivity contribution in [1.29, 1.82) is 0 Å². The van der Waals surface area contributed by atoms with Crippen LogP contribution in [0.1, 0.15) is 17.2 Å². The maximum atomic E-state index is 13.7. The molecule has 2 aromatic carbocycles. The van der Waals surface area contributed by atoms with E-state index in [1.165, 1.54) is 6.07 Å². The molecule has 0 aliphatic rings. The van der Waals surface area contributed by atoms with Crippen molar-refractivity contribution < 1.29 is 4.39 Å². The van der Waals surface area contributed by atoms with Crippen LogP contribution in [0.15, 0.2) is 46.9 Å². The molecule has 2 rings (SSSR count). The molecule has 0 aromatic heterocycles. The lowest BCUT2D eigenvalue weighted by atomic mass is 9.99. The molecule has 0 spiro atoms. The molecule has 0 aliphatic carbocycles. The molecule has 2 N–H and O–H groups in total. The first-order valence-corrected chi connectivity index (χ1v) is 6.21. The highest BCUT2D eigenvalue weighted by Gasteiger charge is 2.16. The lowest BCUT2D eigenvalue weighted by Gasteiger charge is -2.15. The van der Waals surface area contributed by atoms with Gasteiger partial charge in [0.05, 0.1) is 6.04 Å². The van der Waals surface area contributed by atoms with Crippen molar-refractivity contribution in [1.82, 2.24) is 0 Å². The molecule has 0 saturated carbocycles. The summed E-state index contributed by atoms with van der Waals surface area (Å²) < 4.78 is 14.4. The Bertz CT molecular complexity index is 507. The molecule has 0 fully saturated rings. The van der Waals surface area contributed by atoms with Crippen LogP contribution in [0.4, 0.5) is 4.39 Å². The summed E-state index contributed by atoms with van der Waals surface area (Å²) in [5.41, 5.74) is 7.33. The topological polar surface area (TPSA) is 26.0 Å². The molecule has 0 amide bonds. The molecule has 0 radical (unpaired) electrons. The summed E-state index contributed by atoms with van der Waals surface area (Å²) in [6, 6.07) is 11.4. The van der Waals surface area contributed by atoms with Crippen LogP contribution in [0.5, 0.6) is 0 Å². The first-order valence-electron chi connectivity index (χ1n) is 5.04. The van der Waals surface area contributed by atoms with Gasteiger partial charge in [0.15, 0.2) is 0 Å². The lowest BCUT2D eigenvalue weighted by molar-refractivity contribution is 0.598. The number of rotatable bonds is 2. The Morgan fingerprint density at radius 2 is 1.76 bits per heavy atom. The van der Waals surface area contributed by atoms with Crippen molar-refractivity contribution in [3.63, 3.8) is 0 Å². The van der Waals surface area contributed by atoms with E-state index in [1.54, 1.807) is 36.4 Å². The first-order chi connectivity index (χ1) is 8.09. The van der Waals surface area contributed by atoms with Gasteiger partial charge in [0, 0.05) is 15.1 Å². The minimum absolute atomic E-state index is 0.318. The van der Waals surface area contributed by atoms with Crippen LogP contribution in [-0.2, 0) is 0 Å². The highest BCUT2D eigenvalue weighted by atomic mass is 79.9. The van der Waals surface area contributed by atoms with Gasteiger partial charge < -0.3 is 5.73 Å². The van der Waals surface area contributed by atoms with Crippen molar-refractivity contribution in [3.05, 3.63) is 68.9 Å². The second-order valence-corrected chi connectivity index (χ2v) is 4.96. The Kier molecular flexibility index (Phi) is 3.82. The minimum Gasteiger partial charge on any atom is -0.320 e. The lowest BCUT2D eigenvalue weighted by Crippen LogP contribution is -2.14. The van der Waals surface area contributed by atoms with Crippen molar-refractivity contribution in [2.75, 3.05) is 0 Å². The summed E-state index contributed by atoms with van der Waals surface area (Å²) in [5, 5.41) is 0.633. The summed E-state index contributed by atoms with van der Waals surface area (Å²) in [6.07, 6.45) is 0. The molecular weight excluding hydrogens is 305 g/mol. The zero-order valence-corrected chi connectivity index (χ0v) is 11.2. The van der Waals surface area contributed by atoms with E-state index in [2.05, 4.69) is 15.9 Å². The SMILES string of the molecule is NC(c1ccc(Cl)cc1)c1c(F)cccc1Br. The van der Waals surface area contributed by atoms with Gasteiger partial charge in [0.2, 0.25) is 0 Å². The molecular formula is C13H10BrClFN. The normalized spacial score (nSPS) is 12.5. The molecule has 0 saturated heterocycles. The molecule has 1 unspecified atom stereocenters. The van der Waals surface area contributed by atoms with Gasteiger partial charge in [-0.15, -0.1) is 0 Å². The van der Waals surface area contributed by atoms with E-state index in [0.717, 1.165) is 5.56 Å². The first kappa shape index (κ1) is 12.6. The number of hydrogen-bond acceptors (Lipinski definition) is 1. The molecule has 1 atom stereocenters. The van der Waals surface area contributed by atoms with Crippen molar-refractivity contribution in [2.24, 2.45) is 5.73 Å². The fraction of sp³-hybridized carbons (Fsp3) is 0.0769. The number of benzene rings is 2. The zero-order chi connectivity index (χ0) is 12.4. The van der Waals surface area contributed by atoms with Crippen LogP contribution < -0.4 is 5.73 Å². The third kappa shape index (κ3) is 2.68. The van der Waals surface area contributed by atoms with Crippen LogP contribution in [-0.4, -0.2) is 0 Å². The highest BCUT2D eigenvalue weighted by Crippen LogP contribution is 2.29. The summed E-state index contributed by atoms with van der Waals surface area (Å²) in [7, 11) is 0. The predicted molar refractivity (Wildman–Crippen MR) is 71.6 cm³/mol. The number of nitrogens with two attached hydrogens (primary N) is 1. The summed E-state index contributed by atoms with van der Waals surface area (Å²) in [5.74, 6) is -0.318. The van der Waals surface area contributed by atoms with E-state index >= 15 is 0 Å². The van der Waals surface area contributed by atoms with E-state index in [1.807, 2.05) is 0 Å². The van der Waals surface area contributed by atoms with Gasteiger partial charge in [0.1, 0.15) is 5.82 Å². The maximum absolute atomic E-state index is 13.7. The molecule has 2 aromatic rings. The Labute approximate surface area is 113 Å². The molecule has 0 aliphatic heterocycles. The summed E-state index contributed by atoms with van der Waals surface area (Å²) in [4.78, 5) is 0. The minimum atomic E-state index is -0.511. The molecule has 17 heavy (non-hydrogen) atoms. The fourth-order valence-electron chi connectivity index (χ4n) is 1.64. The van der Waals surface area contributed by atoms with Crippen LogP contribution in [0.3, 0.4) is 0 Å². The van der Waals surface area contributed by atoms with Crippen LogP contribution in [0, 0.1) is 5.82 Å². The van der Waals surface area contributed by atoms with E-state index in [-0.39, 0.29) is 5.82 Å². The smallest absolute Gasteiger partial charge is 0.129 e. The predicted octanol–water partition coefficient (Wildman–Crippen LogP) is 4.29. The molecule has 1 nitrogen and oxygen atoms in total. The second kappa shape index (κ2) is 5.17. The number of halogens is 3. The van der Waals surface area contributed by atoms with E-state index < -0.39 is 6.04 Å². The van der Waals surface area contributed by atoms with Gasteiger partial charge in [-0.3, -0.25) is 0 Å². The quantitative estimate of drug-likeness (QED) is 0.879. The average Bonchev–Trinajstić information content (AvgIpc) is 2.29. The van der Waals surface area contributed by atoms with Gasteiger partial charge in [-0.2, -0.15) is 0 Å². The summed E-state index contributed by atoms with van der Waals surface area (Å²) in [6.45, 7) is 0. The largest absolute Gasteiger partial charge is 0.320 e. The van der Waals surface area contributed by atoms with Crippen molar-refractivity contribution in [2.45, 2.75) is 6.04 Å². The van der Waals surface area contributed by atoms with E-state index in [0.29, 0.717) is 15.1 Å². The molecule has 88 valence electrons. The standard InChI is InChI=1S/C13H10BrClFN/c14-10-2-1-3-11(16)12(10)13(17)8-4-6-9(15)7-5-8/h1-7,13H,17H2. The zero-order valence-electron chi connectivity index (χ0n) is 8.83. The van der Waals surface area contributed by atoms with Crippen molar-refractivity contribution >= 4 is 27.5 Å². The molecule has 4 heteroatoms. The molecule has 0 bridgehead atoms. The number of hydrogen-bond donors (Lipinski definition) is 1. The van der Waals surface area contributed by atoms with Crippen molar-refractivity contribution in [3.8, 4) is 0 Å². The molecule has 0 heterocycles. The monoisotopic (exact) mass is 313 g/mol. The van der Waals surface area contributed by atoms with Gasteiger partial charge >= 0.3 is 0 Å².